The van der Waals surface area contributed by atoms with Crippen LogP contribution in [-0.2, 0) is 9.53 Å². The van der Waals surface area contributed by atoms with Crippen molar-refractivity contribution in [1.82, 2.24) is 5.16 Å². The maximum absolute atomic E-state index is 12.8. The largest absolute Gasteiger partial charge is 0.457 e. The van der Waals surface area contributed by atoms with Crippen LogP contribution in [0.1, 0.15) is 36.8 Å². The second-order valence-electron chi connectivity index (χ2n) is 8.07. The minimum atomic E-state index is -0.819. The van der Waals surface area contributed by atoms with Gasteiger partial charge in [-0.3, -0.25) is 14.4 Å². The second kappa shape index (κ2) is 9.78. The van der Waals surface area contributed by atoms with E-state index >= 15 is 0 Å². The van der Waals surface area contributed by atoms with E-state index in [1.807, 2.05) is 30.3 Å². The summed E-state index contributed by atoms with van der Waals surface area (Å²) in [4.78, 5) is 51.1. The van der Waals surface area contributed by atoms with Crippen LogP contribution in [0.2, 0.25) is 0 Å². The Hall–Kier alpha value is -5.25. The molecule has 0 atom stereocenters. The summed E-state index contributed by atoms with van der Waals surface area (Å²) < 4.78 is 15.7. The third-order valence-electron chi connectivity index (χ3n) is 5.42. The zero-order chi connectivity index (χ0) is 25.9. The van der Waals surface area contributed by atoms with Crippen molar-refractivity contribution in [3.05, 3.63) is 101 Å². The van der Waals surface area contributed by atoms with E-state index < -0.39 is 30.3 Å². The van der Waals surface area contributed by atoms with Gasteiger partial charge in [-0.15, -0.1) is 0 Å². The number of aromatic nitrogens is 1. The molecule has 1 aliphatic rings. The first-order valence-electron chi connectivity index (χ1n) is 11.1. The van der Waals surface area contributed by atoms with Crippen LogP contribution in [0.25, 0.3) is 0 Å². The summed E-state index contributed by atoms with van der Waals surface area (Å²) in [5.41, 5.74) is 0.668. The fraction of sp³-hybridized carbons (Fsp3) is 0.0741. The van der Waals surface area contributed by atoms with Crippen LogP contribution in [0.4, 0.5) is 11.5 Å². The maximum atomic E-state index is 12.8. The molecule has 1 N–H and O–H groups in total. The van der Waals surface area contributed by atoms with Gasteiger partial charge in [0.1, 0.15) is 17.3 Å². The van der Waals surface area contributed by atoms with E-state index in [2.05, 4.69) is 10.5 Å². The number of benzene rings is 3. The van der Waals surface area contributed by atoms with Gasteiger partial charge in [-0.25, -0.2) is 9.69 Å². The van der Waals surface area contributed by atoms with Crippen LogP contribution in [-0.4, -0.2) is 35.5 Å². The summed E-state index contributed by atoms with van der Waals surface area (Å²) in [6, 6.07) is 21.4. The fourth-order valence-electron chi connectivity index (χ4n) is 3.68. The van der Waals surface area contributed by atoms with Gasteiger partial charge in [0.2, 0.25) is 0 Å². The molecule has 4 aromatic rings. The lowest BCUT2D eigenvalue weighted by atomic mass is 10.1. The first-order valence-corrected chi connectivity index (χ1v) is 11.1. The number of nitrogens with zero attached hydrogens (tertiary/aromatic N) is 2. The third kappa shape index (κ3) is 4.94. The zero-order valence-electron chi connectivity index (χ0n) is 19.5. The fourth-order valence-corrected chi connectivity index (χ4v) is 3.68. The van der Waals surface area contributed by atoms with Crippen molar-refractivity contribution >= 4 is 35.2 Å². The molecule has 37 heavy (non-hydrogen) atoms. The smallest absolute Gasteiger partial charge is 0.338 e. The molecule has 0 radical (unpaired) electrons. The Labute approximate surface area is 210 Å². The minimum Gasteiger partial charge on any atom is -0.457 e. The number of para-hydroxylation sites is 1. The van der Waals surface area contributed by atoms with E-state index in [1.165, 1.54) is 24.3 Å². The van der Waals surface area contributed by atoms with Crippen molar-refractivity contribution in [3.63, 3.8) is 0 Å². The number of hydrogen-bond donors (Lipinski definition) is 1. The van der Waals surface area contributed by atoms with Gasteiger partial charge < -0.3 is 19.3 Å². The normalized spacial score (nSPS) is 12.3. The van der Waals surface area contributed by atoms with Gasteiger partial charge in [0.15, 0.2) is 12.4 Å². The van der Waals surface area contributed by atoms with Crippen molar-refractivity contribution < 1.29 is 33.2 Å². The highest BCUT2D eigenvalue weighted by Gasteiger charge is 2.38. The van der Waals surface area contributed by atoms with E-state index in [4.69, 9.17) is 14.0 Å². The Morgan fingerprint density at radius 2 is 1.59 bits per heavy atom. The van der Waals surface area contributed by atoms with Gasteiger partial charge in [0.05, 0.1) is 16.7 Å². The molecule has 2 heterocycles. The number of ether oxygens (including phenoxy) is 2. The minimum absolute atomic E-state index is 0.0216. The summed E-state index contributed by atoms with van der Waals surface area (Å²) in [5, 5.41) is 6.34. The van der Waals surface area contributed by atoms with Crippen molar-refractivity contribution in [2.75, 3.05) is 16.8 Å². The van der Waals surface area contributed by atoms with Crippen molar-refractivity contribution in [1.29, 1.82) is 0 Å². The molecule has 5 rings (SSSR count). The summed E-state index contributed by atoms with van der Waals surface area (Å²) >= 11 is 0. The van der Waals surface area contributed by atoms with Crippen LogP contribution < -0.4 is 15.0 Å². The summed E-state index contributed by atoms with van der Waals surface area (Å²) in [6.07, 6.45) is 0. The van der Waals surface area contributed by atoms with E-state index in [9.17, 15) is 19.2 Å². The number of anilines is 2. The molecule has 0 fully saturated rings. The van der Waals surface area contributed by atoms with E-state index in [0.717, 1.165) is 4.90 Å². The predicted octanol–water partition coefficient (Wildman–Crippen LogP) is 4.37. The lowest BCUT2D eigenvalue weighted by molar-refractivity contribution is -0.119. The third-order valence-corrected chi connectivity index (χ3v) is 5.42. The first kappa shape index (κ1) is 23.5. The van der Waals surface area contributed by atoms with Gasteiger partial charge in [-0.05, 0) is 61.5 Å². The maximum Gasteiger partial charge on any atom is 0.338 e. The molecule has 0 bridgehead atoms. The van der Waals surface area contributed by atoms with Gasteiger partial charge >= 0.3 is 5.97 Å². The summed E-state index contributed by atoms with van der Waals surface area (Å²) in [5.74, 6) is -0.809. The molecular weight excluding hydrogens is 478 g/mol. The standard InChI is InChI=1S/C27H19N3O7/c1-16-13-23(29-37-16)30-25(32)21-12-7-17(14-22(21)26(30)33)27(34)35-15-24(31)28-18-8-10-20(11-9-18)36-19-5-3-2-4-6-19/h2-14H,15H2,1H3,(H,28,31). The van der Waals surface area contributed by atoms with E-state index in [0.29, 0.717) is 22.9 Å². The van der Waals surface area contributed by atoms with Crippen LogP contribution in [0.5, 0.6) is 11.5 Å². The number of rotatable bonds is 7. The van der Waals surface area contributed by atoms with Crippen LogP contribution in [0.3, 0.4) is 0 Å². The summed E-state index contributed by atoms with van der Waals surface area (Å²) in [6.45, 7) is 1.09. The Balaban J connectivity index is 1.18. The summed E-state index contributed by atoms with van der Waals surface area (Å²) in [7, 11) is 0. The molecule has 0 saturated heterocycles. The number of hydrogen-bond acceptors (Lipinski definition) is 8. The highest BCUT2D eigenvalue weighted by atomic mass is 16.5. The monoisotopic (exact) mass is 497 g/mol. The number of carbonyl (C=O) groups excluding carboxylic acids is 4. The zero-order valence-corrected chi connectivity index (χ0v) is 19.5. The average Bonchev–Trinajstić information content (AvgIpc) is 3.44. The number of carbonyl (C=O) groups is 4. The number of amides is 3. The Kier molecular flexibility index (Phi) is 6.21. The van der Waals surface area contributed by atoms with Crippen LogP contribution in [0.15, 0.2) is 83.4 Å². The highest BCUT2D eigenvalue weighted by molar-refractivity contribution is 6.34. The molecule has 1 aromatic heterocycles. The molecule has 0 spiro atoms. The van der Waals surface area contributed by atoms with Crippen molar-refractivity contribution in [2.24, 2.45) is 0 Å². The first-order chi connectivity index (χ1) is 17.9. The van der Waals surface area contributed by atoms with Crippen molar-refractivity contribution in [2.45, 2.75) is 6.92 Å². The number of fused-ring (bicyclic) bond motifs is 1. The van der Waals surface area contributed by atoms with E-state index in [1.54, 1.807) is 31.2 Å². The van der Waals surface area contributed by atoms with Gasteiger partial charge in [-0.2, -0.15) is 0 Å². The lowest BCUT2D eigenvalue weighted by Crippen LogP contribution is -2.29. The molecule has 3 aromatic carbocycles. The quantitative estimate of drug-likeness (QED) is 0.294. The molecule has 1 aliphatic heterocycles. The van der Waals surface area contributed by atoms with Gasteiger partial charge in [-0.1, -0.05) is 23.4 Å². The molecule has 0 saturated carbocycles. The molecule has 10 heteroatoms. The predicted molar refractivity (Wildman–Crippen MR) is 131 cm³/mol. The lowest BCUT2D eigenvalue weighted by Gasteiger charge is -2.09. The van der Waals surface area contributed by atoms with E-state index in [-0.39, 0.29) is 22.5 Å². The number of esters is 1. The highest BCUT2D eigenvalue weighted by Crippen LogP contribution is 2.29. The second-order valence-corrected chi connectivity index (χ2v) is 8.07. The molecule has 3 amide bonds. The number of imide groups is 1. The molecule has 184 valence electrons. The van der Waals surface area contributed by atoms with Crippen LogP contribution in [0, 0.1) is 6.92 Å². The Bertz CT molecular complexity index is 1510. The number of nitrogens with one attached hydrogen (secondary N) is 1. The van der Waals surface area contributed by atoms with Gasteiger partial charge in [0.25, 0.3) is 17.7 Å². The number of aryl methyl sites for hydroxylation is 1. The molecule has 0 unspecified atom stereocenters. The SMILES string of the molecule is Cc1cc(N2C(=O)c3ccc(C(=O)OCC(=O)Nc4ccc(Oc5ccccc5)cc4)cc3C2=O)no1. The van der Waals surface area contributed by atoms with Gasteiger partial charge in [0, 0.05) is 11.8 Å². The van der Waals surface area contributed by atoms with Crippen LogP contribution >= 0.6 is 0 Å². The molecule has 10 nitrogen and oxygen atoms in total. The molecule has 0 aliphatic carbocycles. The molecular formula is C27H19N3O7. The topological polar surface area (TPSA) is 128 Å². The average molecular weight is 497 g/mol. The Morgan fingerprint density at radius 1 is 0.892 bits per heavy atom. The van der Waals surface area contributed by atoms with Crippen molar-refractivity contribution in [3.8, 4) is 11.5 Å². The Morgan fingerprint density at radius 3 is 2.30 bits per heavy atom.